The molecule has 0 bridgehead atoms. The molecule has 1 aliphatic carbocycles. The van der Waals surface area contributed by atoms with Crippen molar-refractivity contribution >= 4 is 12.3 Å². The quantitative estimate of drug-likeness (QED) is 0.364. The maximum absolute atomic E-state index is 10.4. The van der Waals surface area contributed by atoms with Crippen LogP contribution in [-0.4, -0.2) is 24.5 Å². The normalized spacial score (nSPS) is 36.4. The minimum Gasteiger partial charge on any atom is -0.426 e. The van der Waals surface area contributed by atoms with Crippen molar-refractivity contribution < 1.29 is 23.8 Å². The van der Waals surface area contributed by atoms with Crippen LogP contribution in [0.25, 0.3) is 0 Å². The van der Waals surface area contributed by atoms with Crippen LogP contribution >= 0.6 is 0 Å². The SMILES string of the molecule is O=C1OC(=O)OC2CC2O1. The van der Waals surface area contributed by atoms with Crippen LogP contribution in [0.3, 0.4) is 0 Å². The second-order valence-corrected chi connectivity index (χ2v) is 2.15. The van der Waals surface area contributed by atoms with Crippen LogP contribution in [0.15, 0.2) is 0 Å². The summed E-state index contributed by atoms with van der Waals surface area (Å²) in [5, 5.41) is 0. The fourth-order valence-corrected chi connectivity index (χ4v) is 0.762. The minimum atomic E-state index is -0.963. The summed E-state index contributed by atoms with van der Waals surface area (Å²) in [4.78, 5) is 20.8. The molecule has 0 spiro atoms. The topological polar surface area (TPSA) is 61.8 Å². The van der Waals surface area contributed by atoms with E-state index in [2.05, 4.69) is 14.2 Å². The first kappa shape index (κ1) is 5.52. The Bertz CT molecular complexity index is 178. The minimum absolute atomic E-state index is 0.265. The van der Waals surface area contributed by atoms with Gasteiger partial charge in [-0.2, -0.15) is 0 Å². The zero-order valence-electron chi connectivity index (χ0n) is 4.90. The lowest BCUT2D eigenvalue weighted by Gasteiger charge is -1.95. The Hall–Kier alpha value is -1.26. The number of cyclic esters (lactones) is 2. The molecule has 54 valence electrons. The lowest BCUT2D eigenvalue weighted by molar-refractivity contribution is 0.0618. The van der Waals surface area contributed by atoms with E-state index in [0.717, 1.165) is 0 Å². The van der Waals surface area contributed by atoms with E-state index in [1.807, 2.05) is 0 Å². The Labute approximate surface area is 55.9 Å². The number of fused-ring (bicyclic) bond motifs is 1. The van der Waals surface area contributed by atoms with Gasteiger partial charge in [0.25, 0.3) is 0 Å². The number of rotatable bonds is 0. The van der Waals surface area contributed by atoms with Gasteiger partial charge in [0.1, 0.15) is 12.2 Å². The molecule has 1 heterocycles. The van der Waals surface area contributed by atoms with E-state index < -0.39 is 12.3 Å². The van der Waals surface area contributed by atoms with Crippen LogP contribution in [0.5, 0.6) is 0 Å². The van der Waals surface area contributed by atoms with E-state index in [0.29, 0.717) is 6.42 Å². The van der Waals surface area contributed by atoms with E-state index in [1.165, 1.54) is 0 Å². The number of hydrogen-bond acceptors (Lipinski definition) is 5. The third-order valence-electron chi connectivity index (χ3n) is 1.34. The lowest BCUT2D eigenvalue weighted by Crippen LogP contribution is -2.10. The molecule has 0 aromatic rings. The smallest absolute Gasteiger partial charge is 0.426 e. The zero-order valence-corrected chi connectivity index (χ0v) is 4.90. The van der Waals surface area contributed by atoms with Crippen LogP contribution in [-0.2, 0) is 14.2 Å². The van der Waals surface area contributed by atoms with Crippen molar-refractivity contribution in [2.24, 2.45) is 0 Å². The fraction of sp³-hybridized carbons (Fsp3) is 0.600. The highest BCUT2D eigenvalue weighted by atomic mass is 16.8. The highest BCUT2D eigenvalue weighted by Gasteiger charge is 2.48. The molecular weight excluding hydrogens is 140 g/mol. The van der Waals surface area contributed by atoms with Crippen LogP contribution in [0, 0.1) is 0 Å². The molecule has 1 aliphatic heterocycles. The molecule has 0 aromatic carbocycles. The summed E-state index contributed by atoms with van der Waals surface area (Å²) in [6.07, 6.45) is -1.86. The van der Waals surface area contributed by atoms with Gasteiger partial charge in [0.05, 0.1) is 0 Å². The van der Waals surface area contributed by atoms with Gasteiger partial charge in [0.15, 0.2) is 0 Å². The van der Waals surface area contributed by atoms with E-state index in [1.54, 1.807) is 0 Å². The maximum atomic E-state index is 10.4. The van der Waals surface area contributed by atoms with Gasteiger partial charge < -0.3 is 14.2 Å². The van der Waals surface area contributed by atoms with Gasteiger partial charge in [-0.25, -0.2) is 9.59 Å². The average Bonchev–Trinajstić information content (AvgIpc) is 2.43. The molecule has 0 amide bonds. The van der Waals surface area contributed by atoms with Crippen LogP contribution in [0.4, 0.5) is 9.59 Å². The van der Waals surface area contributed by atoms with E-state index >= 15 is 0 Å². The molecule has 1 saturated carbocycles. The van der Waals surface area contributed by atoms with Crippen LogP contribution in [0.1, 0.15) is 6.42 Å². The summed E-state index contributed by atoms with van der Waals surface area (Å²) in [7, 11) is 0. The third kappa shape index (κ3) is 0.792. The number of hydrogen-bond donors (Lipinski definition) is 0. The van der Waals surface area contributed by atoms with Crippen LogP contribution in [0.2, 0.25) is 0 Å². The number of ether oxygens (including phenoxy) is 3. The Morgan fingerprint density at radius 1 is 1.10 bits per heavy atom. The predicted octanol–water partition coefficient (Wildman–Crippen LogP) is 0.431. The first-order chi connectivity index (χ1) is 4.75. The van der Waals surface area contributed by atoms with Gasteiger partial charge in [-0.05, 0) is 0 Å². The van der Waals surface area contributed by atoms with Crippen molar-refractivity contribution in [1.29, 1.82) is 0 Å². The Morgan fingerprint density at radius 2 is 1.60 bits per heavy atom. The third-order valence-corrected chi connectivity index (χ3v) is 1.34. The largest absolute Gasteiger partial charge is 0.518 e. The molecule has 2 aliphatic rings. The zero-order chi connectivity index (χ0) is 7.14. The molecule has 10 heavy (non-hydrogen) atoms. The Kier molecular flexibility index (Phi) is 0.893. The molecule has 2 unspecified atom stereocenters. The highest BCUT2D eigenvalue weighted by molar-refractivity contribution is 5.78. The molecule has 1 saturated heterocycles. The molecule has 5 heteroatoms. The maximum Gasteiger partial charge on any atom is 0.518 e. The van der Waals surface area contributed by atoms with Gasteiger partial charge in [0.2, 0.25) is 0 Å². The van der Waals surface area contributed by atoms with Crippen LogP contribution < -0.4 is 0 Å². The van der Waals surface area contributed by atoms with E-state index in [4.69, 9.17) is 0 Å². The summed E-state index contributed by atoms with van der Waals surface area (Å²) >= 11 is 0. The molecule has 0 radical (unpaired) electrons. The fourth-order valence-electron chi connectivity index (χ4n) is 0.762. The molecular formula is C5H4O5. The average molecular weight is 144 g/mol. The lowest BCUT2D eigenvalue weighted by atomic mass is 10.8. The van der Waals surface area contributed by atoms with Gasteiger partial charge in [-0.15, -0.1) is 0 Å². The second kappa shape index (κ2) is 1.62. The van der Waals surface area contributed by atoms with Gasteiger partial charge in [-0.3, -0.25) is 0 Å². The standard InChI is InChI=1S/C5H4O5/c6-4-8-2-1-3(2)9-5(7)10-4/h2-3H,1H2. The van der Waals surface area contributed by atoms with Crippen molar-refractivity contribution in [1.82, 2.24) is 0 Å². The Morgan fingerprint density at radius 3 is 2.10 bits per heavy atom. The predicted molar refractivity (Wildman–Crippen MR) is 26.2 cm³/mol. The van der Waals surface area contributed by atoms with Crippen molar-refractivity contribution in [3.8, 4) is 0 Å². The summed E-state index contributed by atoms with van der Waals surface area (Å²) in [5.74, 6) is 0. The van der Waals surface area contributed by atoms with Crippen molar-refractivity contribution in [3.63, 3.8) is 0 Å². The van der Waals surface area contributed by atoms with Gasteiger partial charge in [0, 0.05) is 6.42 Å². The van der Waals surface area contributed by atoms with Crippen molar-refractivity contribution in [2.45, 2.75) is 18.6 Å². The number of carbonyl (C=O) groups is 2. The first-order valence-electron chi connectivity index (χ1n) is 2.85. The van der Waals surface area contributed by atoms with E-state index in [9.17, 15) is 9.59 Å². The van der Waals surface area contributed by atoms with Crippen molar-refractivity contribution in [2.75, 3.05) is 0 Å². The van der Waals surface area contributed by atoms with Gasteiger partial charge in [-0.1, -0.05) is 0 Å². The summed E-state index contributed by atoms with van der Waals surface area (Å²) in [5.41, 5.74) is 0. The summed E-state index contributed by atoms with van der Waals surface area (Å²) < 4.78 is 13.1. The molecule has 0 aromatic heterocycles. The molecule has 2 atom stereocenters. The molecule has 0 N–H and O–H groups in total. The summed E-state index contributed by atoms with van der Waals surface area (Å²) in [6, 6.07) is 0. The second-order valence-electron chi connectivity index (χ2n) is 2.15. The summed E-state index contributed by atoms with van der Waals surface area (Å²) in [6.45, 7) is 0. The molecule has 2 fully saturated rings. The van der Waals surface area contributed by atoms with Crippen molar-refractivity contribution in [3.05, 3.63) is 0 Å². The monoisotopic (exact) mass is 144 g/mol. The first-order valence-corrected chi connectivity index (χ1v) is 2.85. The highest BCUT2D eigenvalue weighted by Crippen LogP contribution is 2.31. The molecule has 5 nitrogen and oxygen atoms in total. The molecule has 2 rings (SSSR count). The number of carbonyl (C=O) groups excluding carboxylic acids is 2. The van der Waals surface area contributed by atoms with E-state index in [-0.39, 0.29) is 12.2 Å². The Balaban J connectivity index is 2.09. The van der Waals surface area contributed by atoms with Gasteiger partial charge >= 0.3 is 12.3 Å².